The van der Waals surface area contributed by atoms with E-state index >= 15 is 0 Å². The maximum absolute atomic E-state index is 2.42. The highest BCUT2D eigenvalue weighted by Gasteiger charge is 2.47. The number of fused-ring (bicyclic) bond motifs is 5. The van der Waals surface area contributed by atoms with Crippen molar-refractivity contribution in [3.05, 3.63) is 192 Å². The van der Waals surface area contributed by atoms with Gasteiger partial charge in [0.2, 0.25) is 0 Å². The minimum atomic E-state index is -0.456. The summed E-state index contributed by atoms with van der Waals surface area (Å²) in [7, 11) is 0. The quantitative estimate of drug-likeness (QED) is 0.211. The highest BCUT2D eigenvalue weighted by atomic mass is 14.5. The fraction of sp³-hybridized carbons (Fsp3) is 0.0476. The lowest BCUT2D eigenvalue weighted by Crippen LogP contribution is -2.29. The number of benzene rings is 7. The van der Waals surface area contributed by atoms with Crippen LogP contribution in [0, 0.1) is 6.92 Å². The van der Waals surface area contributed by atoms with Crippen LogP contribution in [0.15, 0.2) is 164 Å². The standard InChI is InChI=1S/C42H30/c1-29-16-26-38-39-27-21-34-14-8-9-15-37(34)41(39)42(40(38)28-29,35-22-17-32(18-23-35)30-10-4-2-5-11-30)36-24-19-33(20-25-36)31-12-6-3-7-13-31/h2-28H,1H3. The summed E-state index contributed by atoms with van der Waals surface area (Å²) in [6.07, 6.45) is 0. The maximum Gasteiger partial charge on any atom is 0.0719 e. The highest BCUT2D eigenvalue weighted by Crippen LogP contribution is 2.58. The fourth-order valence-electron chi connectivity index (χ4n) is 7.09. The lowest BCUT2D eigenvalue weighted by atomic mass is 9.66. The molecule has 42 heavy (non-hydrogen) atoms. The summed E-state index contributed by atoms with van der Waals surface area (Å²) < 4.78 is 0. The molecule has 7 aromatic carbocycles. The second-order valence-corrected chi connectivity index (χ2v) is 11.4. The Morgan fingerprint density at radius 3 is 1.50 bits per heavy atom. The molecule has 0 aromatic heterocycles. The molecule has 0 heteroatoms. The molecular formula is C42H30. The van der Waals surface area contributed by atoms with Gasteiger partial charge < -0.3 is 0 Å². The fourth-order valence-corrected chi connectivity index (χ4v) is 7.09. The molecule has 198 valence electrons. The van der Waals surface area contributed by atoms with Gasteiger partial charge in [0.15, 0.2) is 0 Å². The van der Waals surface area contributed by atoms with E-state index in [1.165, 1.54) is 72.0 Å². The predicted molar refractivity (Wildman–Crippen MR) is 177 cm³/mol. The smallest absolute Gasteiger partial charge is 0.0622 e. The molecule has 0 N–H and O–H groups in total. The van der Waals surface area contributed by atoms with Gasteiger partial charge in [-0.2, -0.15) is 0 Å². The molecule has 0 unspecified atom stereocenters. The lowest BCUT2D eigenvalue weighted by molar-refractivity contribution is 0.775. The molecule has 0 fully saturated rings. The zero-order valence-corrected chi connectivity index (χ0v) is 23.6. The van der Waals surface area contributed by atoms with Gasteiger partial charge in [-0.1, -0.05) is 169 Å². The van der Waals surface area contributed by atoms with Crippen LogP contribution < -0.4 is 0 Å². The van der Waals surface area contributed by atoms with Gasteiger partial charge in [0.1, 0.15) is 0 Å². The van der Waals surface area contributed by atoms with Crippen LogP contribution in [0.5, 0.6) is 0 Å². The van der Waals surface area contributed by atoms with Crippen LogP contribution in [0.4, 0.5) is 0 Å². The molecule has 0 aliphatic heterocycles. The van der Waals surface area contributed by atoms with Gasteiger partial charge in [-0.15, -0.1) is 0 Å². The van der Waals surface area contributed by atoms with Crippen LogP contribution in [0.3, 0.4) is 0 Å². The third-order valence-corrected chi connectivity index (χ3v) is 9.02. The van der Waals surface area contributed by atoms with E-state index in [9.17, 15) is 0 Å². The van der Waals surface area contributed by atoms with Crippen LogP contribution in [-0.2, 0) is 5.41 Å². The first-order valence-corrected chi connectivity index (χ1v) is 14.7. The average Bonchev–Trinajstić information content (AvgIpc) is 3.36. The van der Waals surface area contributed by atoms with E-state index < -0.39 is 5.41 Å². The number of hydrogen-bond acceptors (Lipinski definition) is 0. The molecule has 0 atom stereocenters. The van der Waals surface area contributed by atoms with Crippen molar-refractivity contribution < 1.29 is 0 Å². The van der Waals surface area contributed by atoms with E-state index in [2.05, 4.69) is 171 Å². The lowest BCUT2D eigenvalue weighted by Gasteiger charge is -2.35. The molecule has 1 aliphatic carbocycles. The Hall–Kier alpha value is -5.20. The second kappa shape index (κ2) is 9.72. The van der Waals surface area contributed by atoms with Gasteiger partial charge in [-0.25, -0.2) is 0 Å². The Labute approximate surface area is 247 Å². The molecule has 1 aliphatic rings. The van der Waals surface area contributed by atoms with Crippen molar-refractivity contribution in [3.63, 3.8) is 0 Å². The molecule has 0 heterocycles. The Kier molecular flexibility index (Phi) is 5.69. The monoisotopic (exact) mass is 534 g/mol. The molecule has 8 rings (SSSR count). The molecule has 0 bridgehead atoms. The molecule has 0 spiro atoms. The van der Waals surface area contributed by atoms with Crippen molar-refractivity contribution in [3.8, 4) is 33.4 Å². The zero-order valence-electron chi connectivity index (χ0n) is 23.6. The minimum Gasteiger partial charge on any atom is -0.0622 e. The SMILES string of the molecule is Cc1ccc2c(c1)C(c1ccc(-c3ccccc3)cc1)(c1ccc(-c3ccccc3)cc1)c1c-2ccc2ccccc12. The molecule has 0 saturated carbocycles. The average molecular weight is 535 g/mol. The van der Waals surface area contributed by atoms with Crippen molar-refractivity contribution >= 4 is 10.8 Å². The molecule has 0 saturated heterocycles. The van der Waals surface area contributed by atoms with Crippen molar-refractivity contribution in [2.75, 3.05) is 0 Å². The summed E-state index contributed by atoms with van der Waals surface area (Å²) in [5.41, 5.74) is 13.7. The molecule has 7 aromatic rings. The van der Waals surface area contributed by atoms with Gasteiger partial charge >= 0.3 is 0 Å². The summed E-state index contributed by atoms with van der Waals surface area (Å²) in [5.74, 6) is 0. The van der Waals surface area contributed by atoms with Crippen LogP contribution >= 0.6 is 0 Å². The van der Waals surface area contributed by atoms with E-state index in [1.807, 2.05) is 0 Å². The number of aryl methyl sites for hydroxylation is 1. The number of rotatable bonds is 4. The highest BCUT2D eigenvalue weighted by molar-refractivity contribution is 6.00. The molecular weight excluding hydrogens is 504 g/mol. The van der Waals surface area contributed by atoms with Gasteiger partial charge in [0.25, 0.3) is 0 Å². The molecule has 0 amide bonds. The zero-order chi connectivity index (χ0) is 28.1. The Morgan fingerprint density at radius 1 is 0.405 bits per heavy atom. The number of hydrogen-bond donors (Lipinski definition) is 0. The van der Waals surface area contributed by atoms with Gasteiger partial charge in [0, 0.05) is 0 Å². The third-order valence-electron chi connectivity index (χ3n) is 9.02. The van der Waals surface area contributed by atoms with E-state index in [0.29, 0.717) is 0 Å². The summed E-state index contributed by atoms with van der Waals surface area (Å²) in [5, 5.41) is 2.58. The van der Waals surface area contributed by atoms with E-state index in [4.69, 9.17) is 0 Å². The van der Waals surface area contributed by atoms with Gasteiger partial charge in [-0.05, 0) is 73.3 Å². The summed E-state index contributed by atoms with van der Waals surface area (Å²) >= 11 is 0. The summed E-state index contributed by atoms with van der Waals surface area (Å²) in [6, 6.07) is 60.4. The van der Waals surface area contributed by atoms with Crippen LogP contribution in [0.2, 0.25) is 0 Å². The topological polar surface area (TPSA) is 0 Å². The van der Waals surface area contributed by atoms with E-state index in [0.717, 1.165) is 0 Å². The van der Waals surface area contributed by atoms with Crippen molar-refractivity contribution in [1.29, 1.82) is 0 Å². The van der Waals surface area contributed by atoms with E-state index in [-0.39, 0.29) is 0 Å². The Bertz CT molecular complexity index is 1970. The van der Waals surface area contributed by atoms with Crippen LogP contribution in [-0.4, -0.2) is 0 Å². The third kappa shape index (κ3) is 3.69. The first-order chi connectivity index (χ1) is 20.7. The van der Waals surface area contributed by atoms with Crippen molar-refractivity contribution in [1.82, 2.24) is 0 Å². The summed E-state index contributed by atoms with van der Waals surface area (Å²) in [4.78, 5) is 0. The Balaban J connectivity index is 1.45. The second-order valence-electron chi connectivity index (χ2n) is 11.4. The first-order valence-electron chi connectivity index (χ1n) is 14.7. The van der Waals surface area contributed by atoms with Gasteiger partial charge in [0.05, 0.1) is 5.41 Å². The molecule has 0 nitrogen and oxygen atoms in total. The minimum absolute atomic E-state index is 0.456. The molecule has 0 radical (unpaired) electrons. The van der Waals surface area contributed by atoms with Gasteiger partial charge in [-0.3, -0.25) is 0 Å². The van der Waals surface area contributed by atoms with Crippen LogP contribution in [0.1, 0.15) is 27.8 Å². The largest absolute Gasteiger partial charge is 0.0719 e. The Morgan fingerprint density at radius 2 is 0.905 bits per heavy atom. The van der Waals surface area contributed by atoms with Crippen LogP contribution in [0.25, 0.3) is 44.2 Å². The normalized spacial score (nSPS) is 13.1. The first kappa shape index (κ1) is 24.6. The van der Waals surface area contributed by atoms with Crippen molar-refractivity contribution in [2.45, 2.75) is 12.3 Å². The summed E-state index contributed by atoms with van der Waals surface area (Å²) in [6.45, 7) is 2.21. The predicted octanol–water partition coefficient (Wildman–Crippen LogP) is 10.8. The maximum atomic E-state index is 2.42. The van der Waals surface area contributed by atoms with E-state index in [1.54, 1.807) is 0 Å². The van der Waals surface area contributed by atoms with Crippen molar-refractivity contribution in [2.24, 2.45) is 0 Å².